The Labute approximate surface area is 117 Å². The van der Waals surface area contributed by atoms with Crippen LogP contribution in [0.1, 0.15) is 28.8 Å². The second-order valence-electron chi connectivity index (χ2n) is 4.78. The number of fused-ring (bicyclic) bond motifs is 1. The summed E-state index contributed by atoms with van der Waals surface area (Å²) < 4.78 is 5.75. The van der Waals surface area contributed by atoms with E-state index in [1.165, 1.54) is 0 Å². The Morgan fingerprint density at radius 1 is 1.30 bits per heavy atom. The summed E-state index contributed by atoms with van der Waals surface area (Å²) >= 11 is 0. The standard InChI is InChI=1S/C16H14N2O2/c17-9-13-8-11-5-3-6-14(11)18-16(13)20-15-7-2-1-4-12(15)10-19/h1-2,4,7-8,19H,3,5-6,10H2. The summed E-state index contributed by atoms with van der Waals surface area (Å²) in [5.41, 5.74) is 3.28. The van der Waals surface area contributed by atoms with Gasteiger partial charge in [0.2, 0.25) is 5.88 Å². The van der Waals surface area contributed by atoms with Crippen molar-refractivity contribution in [3.63, 3.8) is 0 Å². The highest BCUT2D eigenvalue weighted by atomic mass is 16.5. The average Bonchev–Trinajstić information content (AvgIpc) is 2.94. The Bertz CT molecular complexity index is 689. The zero-order chi connectivity index (χ0) is 13.9. The number of benzene rings is 1. The van der Waals surface area contributed by atoms with Crippen LogP contribution in [0.25, 0.3) is 0 Å². The van der Waals surface area contributed by atoms with Gasteiger partial charge in [0.05, 0.1) is 6.61 Å². The second kappa shape index (κ2) is 5.32. The van der Waals surface area contributed by atoms with Gasteiger partial charge in [-0.2, -0.15) is 5.26 Å². The van der Waals surface area contributed by atoms with Crippen molar-refractivity contribution in [2.24, 2.45) is 0 Å². The van der Waals surface area contributed by atoms with E-state index in [-0.39, 0.29) is 6.61 Å². The highest BCUT2D eigenvalue weighted by molar-refractivity contribution is 5.46. The highest BCUT2D eigenvalue weighted by Crippen LogP contribution is 2.30. The van der Waals surface area contributed by atoms with Crippen molar-refractivity contribution in [3.8, 4) is 17.7 Å². The van der Waals surface area contributed by atoms with Gasteiger partial charge in [-0.25, -0.2) is 4.98 Å². The fourth-order valence-electron chi connectivity index (χ4n) is 2.45. The lowest BCUT2D eigenvalue weighted by atomic mass is 10.1. The van der Waals surface area contributed by atoms with Crippen LogP contribution in [0.3, 0.4) is 0 Å². The van der Waals surface area contributed by atoms with Crippen molar-refractivity contribution in [1.29, 1.82) is 5.26 Å². The average molecular weight is 266 g/mol. The van der Waals surface area contributed by atoms with Crippen molar-refractivity contribution >= 4 is 0 Å². The highest BCUT2D eigenvalue weighted by Gasteiger charge is 2.18. The summed E-state index contributed by atoms with van der Waals surface area (Å²) in [7, 11) is 0. The molecule has 3 rings (SSSR count). The van der Waals surface area contributed by atoms with Gasteiger partial charge < -0.3 is 9.84 Å². The Balaban J connectivity index is 2.00. The molecule has 0 fully saturated rings. The molecule has 0 saturated heterocycles. The number of rotatable bonds is 3. The van der Waals surface area contributed by atoms with Crippen LogP contribution in [0.5, 0.6) is 11.6 Å². The Kier molecular flexibility index (Phi) is 3.36. The topological polar surface area (TPSA) is 66.1 Å². The zero-order valence-corrected chi connectivity index (χ0v) is 11.0. The van der Waals surface area contributed by atoms with Gasteiger partial charge in [-0.05, 0) is 37.0 Å². The first kappa shape index (κ1) is 12.6. The van der Waals surface area contributed by atoms with Crippen LogP contribution in [0.4, 0.5) is 0 Å². The smallest absolute Gasteiger partial charge is 0.237 e. The molecule has 0 bridgehead atoms. The molecule has 0 spiro atoms. The number of nitriles is 1. The van der Waals surface area contributed by atoms with Crippen LogP contribution in [0.2, 0.25) is 0 Å². The molecular weight excluding hydrogens is 252 g/mol. The molecule has 1 aromatic heterocycles. The Hall–Kier alpha value is -2.38. The number of nitrogens with zero attached hydrogens (tertiary/aromatic N) is 2. The molecule has 20 heavy (non-hydrogen) atoms. The molecular formula is C16H14N2O2. The van der Waals surface area contributed by atoms with E-state index in [0.717, 1.165) is 30.5 Å². The lowest BCUT2D eigenvalue weighted by molar-refractivity contribution is 0.276. The molecule has 1 aliphatic carbocycles. The van der Waals surface area contributed by atoms with Crippen LogP contribution >= 0.6 is 0 Å². The number of hydrogen-bond acceptors (Lipinski definition) is 4. The minimum Gasteiger partial charge on any atom is -0.437 e. The fourth-order valence-corrected chi connectivity index (χ4v) is 2.45. The van der Waals surface area contributed by atoms with Crippen LogP contribution in [0, 0.1) is 11.3 Å². The molecule has 0 radical (unpaired) electrons. The normalized spacial score (nSPS) is 12.8. The molecule has 1 aromatic carbocycles. The van der Waals surface area contributed by atoms with Gasteiger partial charge >= 0.3 is 0 Å². The number of aryl methyl sites for hydroxylation is 2. The molecule has 0 amide bonds. The molecule has 0 atom stereocenters. The first-order valence-corrected chi connectivity index (χ1v) is 6.61. The van der Waals surface area contributed by atoms with E-state index >= 15 is 0 Å². The van der Waals surface area contributed by atoms with Crippen molar-refractivity contribution in [2.75, 3.05) is 0 Å². The minimum atomic E-state index is -0.108. The molecule has 1 aliphatic rings. The zero-order valence-electron chi connectivity index (χ0n) is 11.0. The van der Waals surface area contributed by atoms with Crippen LogP contribution < -0.4 is 4.74 Å². The summed E-state index contributed by atoms with van der Waals surface area (Å²) in [6, 6.07) is 11.2. The fraction of sp³-hybridized carbons (Fsp3) is 0.250. The van der Waals surface area contributed by atoms with Gasteiger partial charge in [0.25, 0.3) is 0 Å². The maximum Gasteiger partial charge on any atom is 0.237 e. The number of aliphatic hydroxyl groups excluding tert-OH is 1. The number of para-hydroxylation sites is 1. The van der Waals surface area contributed by atoms with Gasteiger partial charge in [0.1, 0.15) is 17.4 Å². The molecule has 1 N–H and O–H groups in total. The van der Waals surface area contributed by atoms with Crippen molar-refractivity contribution < 1.29 is 9.84 Å². The monoisotopic (exact) mass is 266 g/mol. The number of aromatic nitrogens is 1. The van der Waals surface area contributed by atoms with E-state index in [4.69, 9.17) is 4.74 Å². The van der Waals surface area contributed by atoms with E-state index < -0.39 is 0 Å². The first-order chi connectivity index (χ1) is 9.81. The maximum absolute atomic E-state index is 9.31. The quantitative estimate of drug-likeness (QED) is 0.927. The van der Waals surface area contributed by atoms with Crippen molar-refractivity contribution in [1.82, 2.24) is 4.98 Å². The summed E-state index contributed by atoms with van der Waals surface area (Å²) in [6.07, 6.45) is 2.98. The predicted octanol–water partition coefficient (Wildman–Crippen LogP) is 2.73. The maximum atomic E-state index is 9.31. The molecule has 100 valence electrons. The van der Waals surface area contributed by atoms with Crippen molar-refractivity contribution in [3.05, 3.63) is 52.7 Å². The van der Waals surface area contributed by atoms with Crippen LogP contribution in [0.15, 0.2) is 30.3 Å². The van der Waals surface area contributed by atoms with E-state index in [9.17, 15) is 10.4 Å². The van der Waals surface area contributed by atoms with E-state index in [1.807, 2.05) is 18.2 Å². The third-order valence-electron chi connectivity index (χ3n) is 3.49. The first-order valence-electron chi connectivity index (χ1n) is 6.61. The summed E-state index contributed by atoms with van der Waals surface area (Å²) in [6.45, 7) is -0.108. The molecule has 1 heterocycles. The predicted molar refractivity (Wildman–Crippen MR) is 73.4 cm³/mol. The second-order valence-corrected chi connectivity index (χ2v) is 4.78. The minimum absolute atomic E-state index is 0.108. The largest absolute Gasteiger partial charge is 0.437 e. The van der Waals surface area contributed by atoms with Crippen LogP contribution in [-0.4, -0.2) is 10.1 Å². The molecule has 0 saturated carbocycles. The van der Waals surface area contributed by atoms with Gasteiger partial charge in [-0.15, -0.1) is 0 Å². The Morgan fingerprint density at radius 3 is 2.95 bits per heavy atom. The van der Waals surface area contributed by atoms with Gasteiger partial charge in [-0.1, -0.05) is 18.2 Å². The SMILES string of the molecule is N#Cc1cc2c(nc1Oc1ccccc1CO)CCC2. The summed E-state index contributed by atoms with van der Waals surface area (Å²) in [5, 5.41) is 18.5. The number of hydrogen-bond donors (Lipinski definition) is 1. The third kappa shape index (κ3) is 2.24. The summed E-state index contributed by atoms with van der Waals surface area (Å²) in [4.78, 5) is 4.47. The van der Waals surface area contributed by atoms with Gasteiger partial charge in [0.15, 0.2) is 0 Å². The van der Waals surface area contributed by atoms with Gasteiger partial charge in [-0.3, -0.25) is 0 Å². The van der Waals surface area contributed by atoms with E-state index in [0.29, 0.717) is 22.8 Å². The number of aliphatic hydroxyl groups is 1. The summed E-state index contributed by atoms with van der Waals surface area (Å²) in [5.74, 6) is 0.867. The number of ether oxygens (including phenoxy) is 1. The van der Waals surface area contributed by atoms with E-state index in [2.05, 4.69) is 11.1 Å². The molecule has 4 heteroatoms. The molecule has 4 nitrogen and oxygen atoms in total. The Morgan fingerprint density at radius 2 is 2.15 bits per heavy atom. The molecule has 2 aromatic rings. The van der Waals surface area contributed by atoms with Gasteiger partial charge in [0, 0.05) is 11.3 Å². The molecule has 0 unspecified atom stereocenters. The lowest BCUT2D eigenvalue weighted by Crippen LogP contribution is -1.99. The molecule has 0 aliphatic heterocycles. The van der Waals surface area contributed by atoms with Crippen molar-refractivity contribution in [2.45, 2.75) is 25.9 Å². The van der Waals surface area contributed by atoms with Crippen LogP contribution in [-0.2, 0) is 19.4 Å². The lowest BCUT2D eigenvalue weighted by Gasteiger charge is -2.11. The third-order valence-corrected chi connectivity index (χ3v) is 3.49. The van der Waals surface area contributed by atoms with E-state index in [1.54, 1.807) is 12.1 Å². The number of pyridine rings is 1.